The first-order chi connectivity index (χ1) is 10.5. The lowest BCUT2D eigenvalue weighted by Gasteiger charge is -2.17. The number of rotatable bonds is 10. The molecule has 8 heteroatoms. The van der Waals surface area contributed by atoms with Crippen LogP contribution in [0.3, 0.4) is 0 Å². The van der Waals surface area contributed by atoms with Crippen LogP contribution in [-0.2, 0) is 19.1 Å². The number of ether oxygens (including phenoxy) is 2. The van der Waals surface area contributed by atoms with E-state index in [1.165, 1.54) is 0 Å². The Bertz CT molecular complexity index is 273. The van der Waals surface area contributed by atoms with E-state index in [4.69, 9.17) is 15.3 Å². The fraction of sp³-hybridized carbons (Fsp3) is 0.714. The number of aliphatic hydroxyl groups is 3. The van der Waals surface area contributed by atoms with E-state index >= 15 is 0 Å². The second-order valence-corrected chi connectivity index (χ2v) is 3.85. The molecular weight excluding hydrogens is 294 g/mol. The molecule has 3 N–H and O–H groups in total. The van der Waals surface area contributed by atoms with Gasteiger partial charge in [0.15, 0.2) is 0 Å². The van der Waals surface area contributed by atoms with Crippen molar-refractivity contribution in [2.45, 2.75) is 13.8 Å². The molecule has 0 heterocycles. The van der Waals surface area contributed by atoms with Gasteiger partial charge in [0.1, 0.15) is 0 Å². The highest BCUT2D eigenvalue weighted by Crippen LogP contribution is 1.85. The number of hydrogen-bond acceptors (Lipinski definition) is 8. The van der Waals surface area contributed by atoms with Crippen molar-refractivity contribution < 1.29 is 34.4 Å². The number of nitrogens with zero attached hydrogens (tertiary/aromatic N) is 1. The smallest absolute Gasteiger partial charge is 0.330 e. The largest absolute Gasteiger partial charge is 0.463 e. The second-order valence-electron chi connectivity index (χ2n) is 3.85. The van der Waals surface area contributed by atoms with Crippen LogP contribution in [0.2, 0.25) is 0 Å². The first-order valence-corrected chi connectivity index (χ1v) is 7.12. The molecule has 0 amide bonds. The van der Waals surface area contributed by atoms with Gasteiger partial charge in [-0.15, -0.1) is 0 Å². The summed E-state index contributed by atoms with van der Waals surface area (Å²) in [6.07, 6.45) is 2.09. The second kappa shape index (κ2) is 17.6. The molecule has 0 aromatic rings. The Kier molecular flexibility index (Phi) is 18.2. The van der Waals surface area contributed by atoms with Crippen molar-refractivity contribution in [3.8, 4) is 0 Å². The molecule has 0 saturated heterocycles. The van der Waals surface area contributed by atoms with Crippen molar-refractivity contribution in [1.29, 1.82) is 0 Å². The molecule has 0 radical (unpaired) electrons. The first-order valence-electron chi connectivity index (χ1n) is 7.12. The molecule has 8 nitrogen and oxygen atoms in total. The quantitative estimate of drug-likeness (QED) is 0.344. The third-order valence-corrected chi connectivity index (χ3v) is 2.18. The molecule has 0 unspecified atom stereocenters. The average Bonchev–Trinajstić information content (AvgIpc) is 2.47. The summed E-state index contributed by atoms with van der Waals surface area (Å²) in [5, 5.41) is 25.5. The molecule has 0 fully saturated rings. The van der Waals surface area contributed by atoms with Gasteiger partial charge in [0.2, 0.25) is 0 Å². The predicted octanol–water partition coefficient (Wildman–Crippen LogP) is -1.07. The van der Waals surface area contributed by atoms with E-state index in [2.05, 4.69) is 9.47 Å². The number of carbonyl (C=O) groups excluding carboxylic acids is 2. The standard InChI is InChI=1S/C8H12O4.C6H15NO3/c1-3-11-7(9)5-6-8(10)12-4-2;8-4-1-7(2-5-9)3-6-10/h5-6H,3-4H2,1-2H3;8-10H,1-6H2. The monoisotopic (exact) mass is 321 g/mol. The lowest BCUT2D eigenvalue weighted by Crippen LogP contribution is -2.32. The fourth-order valence-corrected chi connectivity index (χ4v) is 1.28. The van der Waals surface area contributed by atoms with Crippen LogP contribution in [-0.4, -0.2) is 84.8 Å². The zero-order valence-corrected chi connectivity index (χ0v) is 13.2. The van der Waals surface area contributed by atoms with Gasteiger partial charge >= 0.3 is 11.9 Å². The zero-order valence-electron chi connectivity index (χ0n) is 13.2. The molecular formula is C14H27NO7. The van der Waals surface area contributed by atoms with Crippen molar-refractivity contribution in [3.63, 3.8) is 0 Å². The van der Waals surface area contributed by atoms with Gasteiger partial charge in [-0.1, -0.05) is 0 Å². The Labute approximate surface area is 130 Å². The van der Waals surface area contributed by atoms with E-state index < -0.39 is 11.9 Å². The van der Waals surface area contributed by atoms with E-state index in [0.717, 1.165) is 12.2 Å². The number of aliphatic hydroxyl groups excluding tert-OH is 3. The minimum atomic E-state index is -0.537. The third kappa shape index (κ3) is 16.6. The molecule has 0 aromatic heterocycles. The first kappa shape index (κ1) is 22.8. The Morgan fingerprint density at radius 2 is 1.14 bits per heavy atom. The van der Waals surface area contributed by atoms with Crippen molar-refractivity contribution >= 4 is 11.9 Å². The number of carbonyl (C=O) groups is 2. The molecule has 0 saturated carbocycles. The SMILES string of the molecule is CCOC(=O)C=CC(=O)OCC.OCCN(CCO)CCO. The van der Waals surface area contributed by atoms with Gasteiger partial charge in [0, 0.05) is 31.8 Å². The zero-order chi connectivity index (χ0) is 17.2. The molecule has 0 atom stereocenters. The highest BCUT2D eigenvalue weighted by atomic mass is 16.5. The van der Waals surface area contributed by atoms with Crippen LogP contribution in [0.25, 0.3) is 0 Å². The van der Waals surface area contributed by atoms with E-state index in [1.54, 1.807) is 18.7 Å². The average molecular weight is 321 g/mol. The summed E-state index contributed by atoms with van der Waals surface area (Å²) in [6, 6.07) is 0. The summed E-state index contributed by atoms with van der Waals surface area (Å²) < 4.78 is 9.07. The third-order valence-electron chi connectivity index (χ3n) is 2.18. The Hall–Kier alpha value is -1.48. The van der Waals surface area contributed by atoms with E-state index in [-0.39, 0.29) is 19.8 Å². The van der Waals surface area contributed by atoms with Crippen molar-refractivity contribution in [3.05, 3.63) is 12.2 Å². The lowest BCUT2D eigenvalue weighted by molar-refractivity contribution is -0.140. The summed E-state index contributed by atoms with van der Waals surface area (Å²) in [4.78, 5) is 23.1. The normalized spacial score (nSPS) is 10.3. The maximum Gasteiger partial charge on any atom is 0.330 e. The van der Waals surface area contributed by atoms with Crippen LogP contribution < -0.4 is 0 Å². The fourth-order valence-electron chi connectivity index (χ4n) is 1.28. The molecule has 0 bridgehead atoms. The molecule has 0 aliphatic rings. The van der Waals surface area contributed by atoms with E-state index in [9.17, 15) is 9.59 Å². The summed E-state index contributed by atoms with van der Waals surface area (Å²) in [5.74, 6) is -1.07. The van der Waals surface area contributed by atoms with E-state index in [0.29, 0.717) is 32.8 Å². The van der Waals surface area contributed by atoms with Gasteiger partial charge in [0.05, 0.1) is 33.0 Å². The van der Waals surface area contributed by atoms with Crippen molar-refractivity contribution in [2.24, 2.45) is 0 Å². The van der Waals surface area contributed by atoms with Gasteiger partial charge < -0.3 is 24.8 Å². The Morgan fingerprint density at radius 1 is 0.818 bits per heavy atom. The van der Waals surface area contributed by atoms with Crippen LogP contribution >= 0.6 is 0 Å². The topological polar surface area (TPSA) is 117 Å². The van der Waals surface area contributed by atoms with Gasteiger partial charge in [-0.2, -0.15) is 0 Å². The van der Waals surface area contributed by atoms with Crippen LogP contribution in [0.4, 0.5) is 0 Å². The Balaban J connectivity index is 0. The van der Waals surface area contributed by atoms with E-state index in [1.807, 2.05) is 0 Å². The van der Waals surface area contributed by atoms with Crippen molar-refractivity contribution in [1.82, 2.24) is 4.90 Å². The summed E-state index contributed by atoms with van der Waals surface area (Å²) in [5.41, 5.74) is 0. The molecule has 0 spiro atoms. The molecule has 22 heavy (non-hydrogen) atoms. The van der Waals surface area contributed by atoms with Crippen LogP contribution in [0.5, 0.6) is 0 Å². The molecule has 0 aliphatic carbocycles. The molecule has 0 aliphatic heterocycles. The molecule has 0 aromatic carbocycles. The minimum Gasteiger partial charge on any atom is -0.463 e. The summed E-state index contributed by atoms with van der Waals surface area (Å²) >= 11 is 0. The number of hydrogen-bond donors (Lipinski definition) is 3. The molecule has 0 rings (SSSR count). The maximum atomic E-state index is 10.6. The van der Waals surface area contributed by atoms with Gasteiger partial charge in [-0.3, -0.25) is 4.90 Å². The van der Waals surface area contributed by atoms with Gasteiger partial charge in [-0.25, -0.2) is 9.59 Å². The highest BCUT2D eigenvalue weighted by molar-refractivity contribution is 5.91. The van der Waals surface area contributed by atoms with Crippen LogP contribution in [0.15, 0.2) is 12.2 Å². The highest BCUT2D eigenvalue weighted by Gasteiger charge is 2.00. The van der Waals surface area contributed by atoms with Crippen LogP contribution in [0.1, 0.15) is 13.8 Å². The summed E-state index contributed by atoms with van der Waals surface area (Å²) in [7, 11) is 0. The van der Waals surface area contributed by atoms with Crippen molar-refractivity contribution in [2.75, 3.05) is 52.7 Å². The Morgan fingerprint density at radius 3 is 1.36 bits per heavy atom. The summed E-state index contributed by atoms with van der Waals surface area (Å²) in [6.45, 7) is 5.73. The number of esters is 2. The van der Waals surface area contributed by atoms with Gasteiger partial charge in [0.25, 0.3) is 0 Å². The van der Waals surface area contributed by atoms with Crippen LogP contribution in [0, 0.1) is 0 Å². The maximum absolute atomic E-state index is 10.6. The predicted molar refractivity (Wildman–Crippen MR) is 80.1 cm³/mol. The van der Waals surface area contributed by atoms with Gasteiger partial charge in [-0.05, 0) is 13.8 Å². The minimum absolute atomic E-state index is 0.0694. The lowest BCUT2D eigenvalue weighted by atomic mass is 10.4. The molecule has 130 valence electrons.